The van der Waals surface area contributed by atoms with Crippen molar-refractivity contribution in [3.8, 4) is 5.69 Å². The van der Waals surface area contributed by atoms with Gasteiger partial charge in [-0.3, -0.25) is 5.73 Å². The first-order valence-corrected chi connectivity index (χ1v) is 7.13. The number of ether oxygens (including phenoxy) is 2. The van der Waals surface area contributed by atoms with Crippen molar-refractivity contribution in [1.29, 1.82) is 0 Å². The third-order valence-electron chi connectivity index (χ3n) is 3.02. The minimum atomic E-state index is -0.717. The number of halogens is 1. The molecule has 23 heavy (non-hydrogen) atoms. The predicted octanol–water partition coefficient (Wildman–Crippen LogP) is 0.858. The van der Waals surface area contributed by atoms with Gasteiger partial charge in [0.2, 0.25) is 5.69 Å². The van der Waals surface area contributed by atoms with Gasteiger partial charge in [-0.15, -0.1) is 0 Å². The normalized spacial score (nSPS) is 10.2. The summed E-state index contributed by atoms with van der Waals surface area (Å²) in [6, 6.07) is 6.19. The molecule has 0 aliphatic rings. The molecular weight excluding hydrogens is 368 g/mol. The smallest absolute Gasteiger partial charge is 0.378 e. The quantitative estimate of drug-likeness (QED) is 0.596. The lowest BCUT2D eigenvalue weighted by Gasteiger charge is -2.12. The van der Waals surface area contributed by atoms with Crippen LogP contribution in [0.3, 0.4) is 0 Å². The fraction of sp³-hybridized carbons (Fsp3) is 0.143. The molecule has 0 amide bonds. The topological polar surface area (TPSA) is 121 Å². The van der Waals surface area contributed by atoms with E-state index in [1.807, 2.05) is 0 Å². The lowest BCUT2D eigenvalue weighted by Crippen LogP contribution is -2.43. The molecule has 0 saturated heterocycles. The Labute approximate surface area is 140 Å². The Morgan fingerprint density at radius 2 is 1.83 bits per heavy atom. The second-order valence-corrected chi connectivity index (χ2v) is 5.23. The van der Waals surface area contributed by atoms with Crippen LogP contribution in [0.25, 0.3) is 5.69 Å². The zero-order valence-electron chi connectivity index (χ0n) is 12.4. The molecule has 2 heterocycles. The van der Waals surface area contributed by atoms with Crippen LogP contribution < -0.4 is 16.0 Å². The Kier molecular flexibility index (Phi) is 4.80. The first-order chi connectivity index (χ1) is 10.9. The highest BCUT2D eigenvalue weighted by Gasteiger charge is 2.27. The van der Waals surface area contributed by atoms with Crippen molar-refractivity contribution in [2.24, 2.45) is 0 Å². The largest absolute Gasteiger partial charge is 0.464 e. The molecule has 0 radical (unpaired) electrons. The second-order valence-electron chi connectivity index (χ2n) is 4.38. The molecule has 0 bridgehead atoms. The van der Waals surface area contributed by atoms with Crippen molar-refractivity contribution in [3.63, 3.8) is 0 Å². The van der Waals surface area contributed by atoms with Gasteiger partial charge >= 0.3 is 11.9 Å². The van der Waals surface area contributed by atoms with E-state index in [4.69, 9.17) is 20.9 Å². The van der Waals surface area contributed by atoms with Crippen LogP contribution in [0.5, 0.6) is 0 Å². The molecule has 2 aromatic rings. The molecule has 0 fully saturated rings. The molecule has 4 N–H and O–H groups in total. The van der Waals surface area contributed by atoms with Gasteiger partial charge in [-0.2, -0.15) is 4.57 Å². The molecule has 120 valence electrons. The zero-order chi connectivity index (χ0) is 17.1. The maximum atomic E-state index is 12.0. The number of hydrogen-bond donors (Lipinski definition) is 2. The Morgan fingerprint density at radius 3 is 2.43 bits per heavy atom. The lowest BCUT2D eigenvalue weighted by molar-refractivity contribution is -0.583. The highest BCUT2D eigenvalue weighted by Crippen LogP contribution is 2.23. The van der Waals surface area contributed by atoms with E-state index in [-0.39, 0.29) is 28.7 Å². The number of pyridine rings is 2. The first-order valence-electron chi connectivity index (χ1n) is 6.34. The number of nitrogens with two attached hydrogens (primary N) is 2. The molecule has 9 heteroatoms. The van der Waals surface area contributed by atoms with Crippen LogP contribution in [0, 0.1) is 0 Å². The van der Waals surface area contributed by atoms with Gasteiger partial charge in [0.15, 0.2) is 11.4 Å². The van der Waals surface area contributed by atoms with E-state index in [0.717, 1.165) is 0 Å². The van der Waals surface area contributed by atoms with Gasteiger partial charge in [0.05, 0.1) is 18.7 Å². The van der Waals surface area contributed by atoms with Gasteiger partial charge < -0.3 is 15.2 Å². The summed E-state index contributed by atoms with van der Waals surface area (Å²) in [7, 11) is 2.46. The van der Waals surface area contributed by atoms with Gasteiger partial charge in [-0.1, -0.05) is 0 Å². The van der Waals surface area contributed by atoms with E-state index in [1.165, 1.54) is 30.9 Å². The number of rotatable bonds is 3. The molecule has 0 saturated carbocycles. The Bertz CT molecular complexity index is 795. The Morgan fingerprint density at radius 1 is 1.17 bits per heavy atom. The Balaban J connectivity index is 2.84. The van der Waals surface area contributed by atoms with Crippen LogP contribution in [-0.2, 0) is 9.47 Å². The monoisotopic (exact) mass is 381 g/mol. The first kappa shape index (κ1) is 16.7. The fourth-order valence-corrected chi connectivity index (χ4v) is 2.28. The van der Waals surface area contributed by atoms with Crippen LogP contribution in [0.2, 0.25) is 0 Å². The minimum Gasteiger partial charge on any atom is -0.464 e. The molecule has 0 spiro atoms. The summed E-state index contributed by atoms with van der Waals surface area (Å²) in [5, 5.41) is 0. The van der Waals surface area contributed by atoms with Crippen LogP contribution in [0.1, 0.15) is 21.0 Å². The molecule has 0 aliphatic carbocycles. The zero-order valence-corrected chi connectivity index (χ0v) is 14.0. The fourth-order valence-electron chi connectivity index (χ4n) is 1.97. The number of methoxy groups -OCH3 is 2. The number of nitrogen functional groups attached to an aromatic ring is 2. The van der Waals surface area contributed by atoms with E-state index in [1.54, 1.807) is 12.1 Å². The summed E-state index contributed by atoms with van der Waals surface area (Å²) in [6.07, 6.45) is 0. The number of carbonyl (C=O) groups excluding carboxylic acids is 2. The van der Waals surface area contributed by atoms with Crippen LogP contribution in [0.4, 0.5) is 11.6 Å². The number of nitrogens with zero attached hydrogens (tertiary/aromatic N) is 2. The van der Waals surface area contributed by atoms with E-state index in [2.05, 4.69) is 20.9 Å². The highest BCUT2D eigenvalue weighted by molar-refractivity contribution is 9.10. The van der Waals surface area contributed by atoms with Crippen molar-refractivity contribution in [3.05, 3.63) is 40.1 Å². The van der Waals surface area contributed by atoms with E-state index in [0.29, 0.717) is 4.47 Å². The van der Waals surface area contributed by atoms with E-state index >= 15 is 0 Å². The molecule has 2 rings (SSSR count). The van der Waals surface area contributed by atoms with Crippen LogP contribution >= 0.6 is 15.9 Å². The number of aromatic nitrogens is 2. The highest BCUT2D eigenvalue weighted by atomic mass is 79.9. The number of anilines is 2. The number of carbonyl (C=O) groups is 2. The summed E-state index contributed by atoms with van der Waals surface area (Å²) in [5.74, 6) is -1.03. The summed E-state index contributed by atoms with van der Waals surface area (Å²) < 4.78 is 11.2. The molecule has 2 aromatic heterocycles. The lowest BCUT2D eigenvalue weighted by atomic mass is 10.2. The molecule has 0 unspecified atom stereocenters. The molecule has 0 aromatic carbocycles. The van der Waals surface area contributed by atoms with Gasteiger partial charge in [0.1, 0.15) is 5.82 Å². The van der Waals surface area contributed by atoms with Crippen molar-refractivity contribution in [2.45, 2.75) is 0 Å². The van der Waals surface area contributed by atoms with Crippen molar-refractivity contribution in [2.75, 3.05) is 25.7 Å². The average Bonchev–Trinajstić information content (AvgIpc) is 2.55. The van der Waals surface area contributed by atoms with Gasteiger partial charge in [0.25, 0.3) is 5.82 Å². The molecule has 8 nitrogen and oxygen atoms in total. The summed E-state index contributed by atoms with van der Waals surface area (Å²) in [5.41, 5.74) is 12.0. The van der Waals surface area contributed by atoms with Gasteiger partial charge in [-0.05, 0) is 28.1 Å². The molecule has 0 atom stereocenters. The van der Waals surface area contributed by atoms with Gasteiger partial charge in [-0.25, -0.2) is 14.6 Å². The standard InChI is InChI=1S/C14H13BrN4O4/c1-22-13(20)8-4-3-5-10(16)19(8)9-6-7(15)12(17)18-11(9)14(21)23-2/h3-6,16H,1-2H3,(H2,17,18)/p+1. The second kappa shape index (κ2) is 6.61. The summed E-state index contributed by atoms with van der Waals surface area (Å²) >= 11 is 3.24. The van der Waals surface area contributed by atoms with Crippen LogP contribution in [0.15, 0.2) is 28.7 Å². The molecular formula is C14H14BrN4O4+. The van der Waals surface area contributed by atoms with Crippen molar-refractivity contribution < 1.29 is 23.6 Å². The third-order valence-corrected chi connectivity index (χ3v) is 3.65. The maximum Gasteiger partial charge on any atom is 0.378 e. The minimum absolute atomic E-state index is 0.0822. The number of hydrogen-bond acceptors (Lipinski definition) is 7. The molecule has 0 aliphatic heterocycles. The van der Waals surface area contributed by atoms with E-state index in [9.17, 15) is 9.59 Å². The van der Waals surface area contributed by atoms with Crippen molar-refractivity contribution in [1.82, 2.24) is 4.98 Å². The summed E-state index contributed by atoms with van der Waals surface area (Å²) in [4.78, 5) is 28.0. The predicted molar refractivity (Wildman–Crippen MR) is 85.0 cm³/mol. The summed E-state index contributed by atoms with van der Waals surface area (Å²) in [6.45, 7) is 0. The van der Waals surface area contributed by atoms with E-state index < -0.39 is 11.9 Å². The average molecular weight is 382 g/mol. The van der Waals surface area contributed by atoms with Crippen LogP contribution in [-0.4, -0.2) is 31.1 Å². The Hall–Kier alpha value is -2.68. The number of esters is 2. The maximum absolute atomic E-state index is 12.0. The third kappa shape index (κ3) is 3.09. The van der Waals surface area contributed by atoms with Gasteiger partial charge in [0, 0.05) is 12.1 Å². The SMILES string of the molecule is COC(=O)c1nc(N)c(Br)cc1-[n+]1c(N)cccc1C(=O)OC. The van der Waals surface area contributed by atoms with Crippen molar-refractivity contribution >= 4 is 39.5 Å².